The number of hydrogen-bond acceptors (Lipinski definition) is 7. The third-order valence-electron chi connectivity index (χ3n) is 3.64. The van der Waals surface area contributed by atoms with Crippen molar-refractivity contribution in [2.24, 2.45) is 0 Å². The van der Waals surface area contributed by atoms with Crippen LogP contribution in [0.1, 0.15) is 16.2 Å². The van der Waals surface area contributed by atoms with Crippen LogP contribution in [0.25, 0.3) is 0 Å². The van der Waals surface area contributed by atoms with Crippen LogP contribution in [-0.4, -0.2) is 54.3 Å². The summed E-state index contributed by atoms with van der Waals surface area (Å²) in [5.74, 6) is 1.58. The highest BCUT2D eigenvalue weighted by molar-refractivity contribution is 5.94. The molecule has 3 heterocycles. The molecule has 1 aliphatic heterocycles. The largest absolute Gasteiger partial charge is 0.481 e. The summed E-state index contributed by atoms with van der Waals surface area (Å²) in [6.07, 6.45) is 3.23. The fraction of sp³-hybridized carbons (Fsp3) is 0.375. The van der Waals surface area contributed by atoms with Crippen LogP contribution in [0.15, 0.2) is 30.6 Å². The van der Waals surface area contributed by atoms with Gasteiger partial charge in [0.25, 0.3) is 5.91 Å². The topological polar surface area (TPSA) is 89.5 Å². The lowest BCUT2D eigenvalue weighted by molar-refractivity contribution is 0.0949. The molecule has 1 N–H and O–H groups in total. The van der Waals surface area contributed by atoms with Crippen LogP contribution in [0.2, 0.25) is 0 Å². The van der Waals surface area contributed by atoms with E-state index >= 15 is 0 Å². The fourth-order valence-corrected chi connectivity index (χ4v) is 2.37. The minimum absolute atomic E-state index is 0.226. The van der Waals surface area contributed by atoms with Crippen LogP contribution in [0.5, 0.6) is 5.88 Å². The van der Waals surface area contributed by atoms with Gasteiger partial charge in [-0.2, -0.15) is 0 Å². The molecule has 1 amide bonds. The molecular formula is C16H19N5O3. The standard InChI is InChI=1S/C16H19N5O3/c1-23-15-10-12(2-4-18-15)16(22)19-11-13-17-5-3-14(20-13)21-6-8-24-9-7-21/h2-5,10H,6-9,11H2,1H3,(H,19,22). The van der Waals surface area contributed by atoms with E-state index in [0.29, 0.717) is 30.5 Å². The Balaban J connectivity index is 1.62. The van der Waals surface area contributed by atoms with Crippen molar-refractivity contribution in [2.75, 3.05) is 38.3 Å². The lowest BCUT2D eigenvalue weighted by Crippen LogP contribution is -2.37. The molecule has 0 spiro atoms. The van der Waals surface area contributed by atoms with Gasteiger partial charge in [-0.15, -0.1) is 0 Å². The first-order valence-electron chi connectivity index (χ1n) is 7.69. The zero-order chi connectivity index (χ0) is 16.8. The number of hydrogen-bond donors (Lipinski definition) is 1. The highest BCUT2D eigenvalue weighted by Crippen LogP contribution is 2.12. The Morgan fingerprint density at radius 3 is 2.88 bits per heavy atom. The lowest BCUT2D eigenvalue weighted by atomic mass is 10.2. The highest BCUT2D eigenvalue weighted by Gasteiger charge is 2.13. The number of aromatic nitrogens is 3. The molecule has 0 aromatic carbocycles. The van der Waals surface area contributed by atoms with E-state index in [-0.39, 0.29) is 12.5 Å². The van der Waals surface area contributed by atoms with E-state index < -0.39 is 0 Å². The molecule has 2 aromatic rings. The Bertz CT molecular complexity index is 704. The first kappa shape index (κ1) is 16.1. The number of ether oxygens (including phenoxy) is 2. The van der Waals surface area contributed by atoms with Gasteiger partial charge < -0.3 is 19.7 Å². The molecule has 0 aliphatic carbocycles. The Kier molecular flexibility index (Phi) is 5.17. The molecule has 8 nitrogen and oxygen atoms in total. The lowest BCUT2D eigenvalue weighted by Gasteiger charge is -2.27. The number of carbonyl (C=O) groups excluding carboxylic acids is 1. The molecule has 0 bridgehead atoms. The molecule has 0 unspecified atom stereocenters. The number of carbonyl (C=O) groups is 1. The van der Waals surface area contributed by atoms with Crippen LogP contribution in [0, 0.1) is 0 Å². The number of nitrogens with one attached hydrogen (secondary N) is 1. The average Bonchev–Trinajstić information content (AvgIpc) is 2.67. The third-order valence-corrected chi connectivity index (χ3v) is 3.64. The second-order valence-corrected chi connectivity index (χ2v) is 5.20. The molecule has 0 radical (unpaired) electrons. The van der Waals surface area contributed by atoms with Gasteiger partial charge >= 0.3 is 0 Å². The summed E-state index contributed by atoms with van der Waals surface area (Å²) in [5, 5.41) is 2.81. The van der Waals surface area contributed by atoms with E-state index in [0.717, 1.165) is 18.9 Å². The number of anilines is 1. The summed E-state index contributed by atoms with van der Waals surface area (Å²) in [6, 6.07) is 5.08. The van der Waals surface area contributed by atoms with Crippen molar-refractivity contribution in [3.63, 3.8) is 0 Å². The molecule has 0 atom stereocenters. The Morgan fingerprint density at radius 1 is 1.29 bits per heavy atom. The van der Waals surface area contributed by atoms with Crippen molar-refractivity contribution < 1.29 is 14.3 Å². The first-order valence-corrected chi connectivity index (χ1v) is 7.69. The quantitative estimate of drug-likeness (QED) is 0.861. The van der Waals surface area contributed by atoms with Crippen LogP contribution in [0.3, 0.4) is 0 Å². The smallest absolute Gasteiger partial charge is 0.251 e. The Hall–Kier alpha value is -2.74. The van der Waals surface area contributed by atoms with E-state index in [9.17, 15) is 4.79 Å². The molecule has 8 heteroatoms. The maximum atomic E-state index is 12.2. The van der Waals surface area contributed by atoms with Gasteiger partial charge in [-0.1, -0.05) is 0 Å². The predicted octanol–water partition coefficient (Wildman–Crippen LogP) is 0.647. The summed E-state index contributed by atoms with van der Waals surface area (Å²) in [5.41, 5.74) is 0.478. The minimum Gasteiger partial charge on any atom is -0.481 e. The van der Waals surface area contributed by atoms with Gasteiger partial charge in [0.1, 0.15) is 11.6 Å². The van der Waals surface area contributed by atoms with Crippen molar-refractivity contribution in [3.05, 3.63) is 42.0 Å². The van der Waals surface area contributed by atoms with Gasteiger partial charge in [-0.05, 0) is 12.1 Å². The maximum Gasteiger partial charge on any atom is 0.251 e. The van der Waals surface area contributed by atoms with Gasteiger partial charge in [0.15, 0.2) is 0 Å². The van der Waals surface area contributed by atoms with Gasteiger partial charge in [0.05, 0.1) is 26.9 Å². The number of amides is 1. The van der Waals surface area contributed by atoms with Gasteiger partial charge in [0, 0.05) is 37.1 Å². The zero-order valence-corrected chi connectivity index (χ0v) is 13.4. The molecular weight excluding hydrogens is 310 g/mol. The summed E-state index contributed by atoms with van der Waals surface area (Å²) in [7, 11) is 1.51. The van der Waals surface area contributed by atoms with E-state index in [2.05, 4.69) is 25.2 Å². The highest BCUT2D eigenvalue weighted by atomic mass is 16.5. The van der Waals surface area contributed by atoms with E-state index in [1.807, 2.05) is 6.07 Å². The molecule has 126 valence electrons. The Morgan fingerprint density at radius 2 is 2.08 bits per heavy atom. The third kappa shape index (κ3) is 3.96. The maximum absolute atomic E-state index is 12.2. The monoisotopic (exact) mass is 329 g/mol. The zero-order valence-electron chi connectivity index (χ0n) is 13.4. The van der Waals surface area contributed by atoms with Crippen LogP contribution in [0.4, 0.5) is 5.82 Å². The number of nitrogens with zero attached hydrogens (tertiary/aromatic N) is 4. The van der Waals surface area contributed by atoms with Crippen molar-refractivity contribution in [2.45, 2.75) is 6.54 Å². The molecule has 1 fully saturated rings. The van der Waals surface area contributed by atoms with Gasteiger partial charge in [-0.25, -0.2) is 15.0 Å². The molecule has 1 saturated heterocycles. The predicted molar refractivity (Wildman–Crippen MR) is 87.0 cm³/mol. The van der Waals surface area contributed by atoms with Gasteiger partial charge in [0.2, 0.25) is 5.88 Å². The van der Waals surface area contributed by atoms with E-state index in [1.54, 1.807) is 18.3 Å². The number of rotatable bonds is 5. The van der Waals surface area contributed by atoms with Gasteiger partial charge in [-0.3, -0.25) is 4.79 Å². The SMILES string of the molecule is COc1cc(C(=O)NCc2nccc(N3CCOCC3)n2)ccn1. The molecule has 0 saturated carbocycles. The second kappa shape index (κ2) is 7.69. The second-order valence-electron chi connectivity index (χ2n) is 5.20. The van der Waals surface area contributed by atoms with Crippen molar-refractivity contribution in [3.8, 4) is 5.88 Å². The molecule has 3 rings (SSSR count). The van der Waals surface area contributed by atoms with Crippen LogP contribution < -0.4 is 15.0 Å². The van der Waals surface area contributed by atoms with E-state index in [1.165, 1.54) is 13.3 Å². The molecule has 2 aromatic heterocycles. The van der Waals surface area contributed by atoms with Crippen molar-refractivity contribution >= 4 is 11.7 Å². The molecule has 24 heavy (non-hydrogen) atoms. The van der Waals surface area contributed by atoms with E-state index in [4.69, 9.17) is 9.47 Å². The summed E-state index contributed by atoms with van der Waals surface area (Å²) in [6.45, 7) is 3.25. The normalized spacial score (nSPS) is 14.3. The number of morpholine rings is 1. The molecule has 1 aliphatic rings. The fourth-order valence-electron chi connectivity index (χ4n) is 2.37. The van der Waals surface area contributed by atoms with Crippen LogP contribution in [-0.2, 0) is 11.3 Å². The minimum atomic E-state index is -0.226. The summed E-state index contributed by atoms with van der Waals surface area (Å²) < 4.78 is 10.4. The Labute approximate surface area is 139 Å². The summed E-state index contributed by atoms with van der Waals surface area (Å²) >= 11 is 0. The van der Waals surface area contributed by atoms with Crippen LogP contribution >= 0.6 is 0 Å². The summed E-state index contributed by atoms with van der Waals surface area (Å²) in [4.78, 5) is 27.0. The van der Waals surface area contributed by atoms with Crippen molar-refractivity contribution in [1.29, 1.82) is 0 Å². The number of pyridine rings is 1. The van der Waals surface area contributed by atoms with Crippen molar-refractivity contribution in [1.82, 2.24) is 20.3 Å². The average molecular weight is 329 g/mol. The number of methoxy groups -OCH3 is 1. The first-order chi connectivity index (χ1) is 11.8.